The lowest BCUT2D eigenvalue weighted by molar-refractivity contribution is -0.00709. The highest BCUT2D eigenvalue weighted by atomic mass is 16.5. The van der Waals surface area contributed by atoms with E-state index in [-0.39, 0.29) is 17.8 Å². The summed E-state index contributed by atoms with van der Waals surface area (Å²) in [6.07, 6.45) is 9.99. The van der Waals surface area contributed by atoms with Gasteiger partial charge in [-0.05, 0) is 49.4 Å². The molecule has 1 fully saturated rings. The van der Waals surface area contributed by atoms with E-state index in [9.17, 15) is 4.79 Å². The Hall–Kier alpha value is -3.72. The highest BCUT2D eigenvalue weighted by Crippen LogP contribution is 2.39. The van der Waals surface area contributed by atoms with Crippen LogP contribution in [0.25, 0.3) is 44.5 Å². The second kappa shape index (κ2) is 8.20. The normalized spacial score (nSPS) is 18.6. The van der Waals surface area contributed by atoms with Gasteiger partial charge in [-0.1, -0.05) is 6.92 Å². The SMILES string of the molecule is CC[C@H]1C[C@@H](n2c(=O)nc(-c3cnn(C)c3)c3oc4cc(C)c(-c5cnn(C)c5)cc4c32)CCO1. The lowest BCUT2D eigenvalue weighted by Gasteiger charge is -2.30. The van der Waals surface area contributed by atoms with Crippen molar-refractivity contribution in [2.75, 3.05) is 6.61 Å². The molecule has 1 saturated heterocycles. The molecule has 0 spiro atoms. The predicted molar refractivity (Wildman–Crippen MR) is 133 cm³/mol. The fraction of sp³-hybridized carbons (Fsp3) is 0.385. The Kier molecular flexibility index (Phi) is 5.10. The van der Waals surface area contributed by atoms with Gasteiger partial charge in [0.15, 0.2) is 5.58 Å². The zero-order valence-electron chi connectivity index (χ0n) is 20.4. The van der Waals surface area contributed by atoms with Crippen molar-refractivity contribution in [3.05, 3.63) is 53.0 Å². The maximum Gasteiger partial charge on any atom is 0.349 e. The van der Waals surface area contributed by atoms with Gasteiger partial charge in [-0.2, -0.15) is 15.2 Å². The van der Waals surface area contributed by atoms with E-state index in [2.05, 4.69) is 35.1 Å². The summed E-state index contributed by atoms with van der Waals surface area (Å²) in [5.41, 5.74) is 6.28. The van der Waals surface area contributed by atoms with Gasteiger partial charge < -0.3 is 9.15 Å². The molecule has 2 atom stereocenters. The van der Waals surface area contributed by atoms with Gasteiger partial charge in [-0.3, -0.25) is 13.9 Å². The first-order chi connectivity index (χ1) is 16.9. The molecule has 0 unspecified atom stereocenters. The van der Waals surface area contributed by atoms with Crippen LogP contribution in [0.4, 0.5) is 0 Å². The van der Waals surface area contributed by atoms with Gasteiger partial charge in [0, 0.05) is 55.7 Å². The van der Waals surface area contributed by atoms with E-state index in [1.807, 2.05) is 43.3 Å². The summed E-state index contributed by atoms with van der Waals surface area (Å²) >= 11 is 0. The van der Waals surface area contributed by atoms with Crippen molar-refractivity contribution in [2.24, 2.45) is 14.1 Å². The minimum Gasteiger partial charge on any atom is -0.452 e. The van der Waals surface area contributed by atoms with Crippen LogP contribution in [-0.2, 0) is 18.8 Å². The van der Waals surface area contributed by atoms with E-state index < -0.39 is 0 Å². The number of aromatic nitrogens is 6. The molecule has 35 heavy (non-hydrogen) atoms. The fourth-order valence-electron chi connectivity index (χ4n) is 5.26. The molecular weight excluding hydrogens is 444 g/mol. The lowest BCUT2D eigenvalue weighted by atomic mass is 9.99. The maximum absolute atomic E-state index is 13.6. The first-order valence-corrected chi connectivity index (χ1v) is 12.0. The van der Waals surface area contributed by atoms with Crippen molar-refractivity contribution in [1.82, 2.24) is 29.1 Å². The van der Waals surface area contributed by atoms with E-state index in [1.54, 1.807) is 15.6 Å². The van der Waals surface area contributed by atoms with E-state index >= 15 is 0 Å². The average Bonchev–Trinajstić information content (AvgIpc) is 3.56. The highest BCUT2D eigenvalue weighted by Gasteiger charge is 2.29. The van der Waals surface area contributed by atoms with Gasteiger partial charge in [-0.25, -0.2) is 4.79 Å². The van der Waals surface area contributed by atoms with Crippen LogP contribution in [0.15, 0.2) is 46.1 Å². The monoisotopic (exact) mass is 472 g/mol. The topological polar surface area (TPSA) is 92.9 Å². The number of hydrogen-bond acceptors (Lipinski definition) is 6. The van der Waals surface area contributed by atoms with Crippen LogP contribution in [0.5, 0.6) is 0 Å². The lowest BCUT2D eigenvalue weighted by Crippen LogP contribution is -2.34. The molecule has 0 N–H and O–H groups in total. The van der Waals surface area contributed by atoms with Crippen LogP contribution in [0.2, 0.25) is 0 Å². The summed E-state index contributed by atoms with van der Waals surface area (Å²) in [6, 6.07) is 4.15. The Bertz CT molecular complexity index is 1620. The second-order valence-corrected chi connectivity index (χ2v) is 9.44. The molecule has 0 aliphatic carbocycles. The molecule has 5 heterocycles. The smallest absolute Gasteiger partial charge is 0.349 e. The zero-order chi connectivity index (χ0) is 24.3. The number of rotatable bonds is 4. The number of fused-ring (bicyclic) bond motifs is 3. The Morgan fingerprint density at radius 2 is 1.83 bits per heavy atom. The van der Waals surface area contributed by atoms with Gasteiger partial charge in [0.25, 0.3) is 0 Å². The number of aryl methyl sites for hydroxylation is 3. The molecule has 0 bridgehead atoms. The van der Waals surface area contributed by atoms with Crippen molar-refractivity contribution in [1.29, 1.82) is 0 Å². The molecule has 1 aliphatic rings. The molecule has 0 amide bonds. The molecule has 1 aliphatic heterocycles. The van der Waals surface area contributed by atoms with E-state index in [0.29, 0.717) is 17.9 Å². The van der Waals surface area contributed by atoms with Gasteiger partial charge >= 0.3 is 5.69 Å². The quantitative estimate of drug-likeness (QED) is 0.385. The van der Waals surface area contributed by atoms with Gasteiger partial charge in [0.1, 0.15) is 16.8 Å². The Labute approximate surface area is 201 Å². The summed E-state index contributed by atoms with van der Waals surface area (Å²) < 4.78 is 17.7. The molecule has 180 valence electrons. The van der Waals surface area contributed by atoms with E-state index in [4.69, 9.17) is 9.15 Å². The first-order valence-electron chi connectivity index (χ1n) is 12.0. The predicted octanol–water partition coefficient (Wildman–Crippen LogP) is 4.38. The third kappa shape index (κ3) is 3.58. The van der Waals surface area contributed by atoms with Crippen LogP contribution in [0.1, 0.15) is 37.8 Å². The summed E-state index contributed by atoms with van der Waals surface area (Å²) in [5, 5.41) is 9.53. The van der Waals surface area contributed by atoms with Crippen LogP contribution >= 0.6 is 0 Å². The van der Waals surface area contributed by atoms with Crippen LogP contribution in [-0.4, -0.2) is 41.8 Å². The maximum atomic E-state index is 13.6. The Morgan fingerprint density at radius 3 is 2.51 bits per heavy atom. The summed E-state index contributed by atoms with van der Waals surface area (Å²) in [4.78, 5) is 18.1. The third-order valence-corrected chi connectivity index (χ3v) is 7.03. The van der Waals surface area contributed by atoms with Gasteiger partial charge in [-0.15, -0.1) is 0 Å². The minimum absolute atomic E-state index is 0.0110. The van der Waals surface area contributed by atoms with Crippen LogP contribution in [0.3, 0.4) is 0 Å². The Balaban J connectivity index is 1.68. The highest BCUT2D eigenvalue weighted by molar-refractivity contribution is 6.08. The van der Waals surface area contributed by atoms with Crippen molar-refractivity contribution in [3.8, 4) is 22.4 Å². The second-order valence-electron chi connectivity index (χ2n) is 9.44. The average molecular weight is 473 g/mol. The number of hydrogen-bond donors (Lipinski definition) is 0. The van der Waals surface area contributed by atoms with E-state index in [1.165, 1.54) is 0 Å². The van der Waals surface area contributed by atoms with Gasteiger partial charge in [0.2, 0.25) is 0 Å². The fourth-order valence-corrected chi connectivity index (χ4v) is 5.26. The van der Waals surface area contributed by atoms with Crippen molar-refractivity contribution < 1.29 is 9.15 Å². The molecule has 0 radical (unpaired) electrons. The minimum atomic E-state index is -0.274. The number of furan rings is 1. The third-order valence-electron chi connectivity index (χ3n) is 7.03. The van der Waals surface area contributed by atoms with Crippen molar-refractivity contribution >= 4 is 22.1 Å². The largest absolute Gasteiger partial charge is 0.452 e. The number of ether oxygens (including phenoxy) is 1. The molecular formula is C26H28N6O3. The summed E-state index contributed by atoms with van der Waals surface area (Å²) in [5.74, 6) is 0. The summed E-state index contributed by atoms with van der Waals surface area (Å²) in [7, 11) is 3.75. The first kappa shape index (κ1) is 21.8. The molecule has 9 heteroatoms. The summed E-state index contributed by atoms with van der Waals surface area (Å²) in [6.45, 7) is 4.80. The van der Waals surface area contributed by atoms with E-state index in [0.717, 1.165) is 58.0 Å². The molecule has 0 saturated carbocycles. The molecule has 5 aromatic rings. The molecule has 9 nitrogen and oxygen atoms in total. The van der Waals surface area contributed by atoms with Crippen LogP contribution in [0, 0.1) is 6.92 Å². The zero-order valence-corrected chi connectivity index (χ0v) is 20.4. The number of nitrogens with zero attached hydrogens (tertiary/aromatic N) is 6. The molecule has 4 aromatic heterocycles. The standard InChI is InChI=1S/C26H28N6O3/c1-5-19-9-18(6-7-34-19)32-24-21-10-20(16-11-27-30(3)13-16)15(2)8-22(21)35-25(24)23(29-26(32)33)17-12-28-31(4)14-17/h8,10-14,18-19H,5-7,9H2,1-4H3/t18-,19-/m0/s1. The molecule has 6 rings (SSSR count). The van der Waals surface area contributed by atoms with Crippen molar-refractivity contribution in [2.45, 2.75) is 45.3 Å². The number of benzene rings is 1. The van der Waals surface area contributed by atoms with Crippen molar-refractivity contribution in [3.63, 3.8) is 0 Å². The van der Waals surface area contributed by atoms with Gasteiger partial charge in [0.05, 0.1) is 18.5 Å². The Morgan fingerprint density at radius 1 is 1.09 bits per heavy atom. The molecule has 1 aromatic carbocycles. The van der Waals surface area contributed by atoms with Crippen LogP contribution < -0.4 is 5.69 Å².